The van der Waals surface area contributed by atoms with Crippen LogP contribution in [-0.2, 0) is 9.84 Å². The Labute approximate surface area is 138 Å². The van der Waals surface area contributed by atoms with Gasteiger partial charge in [-0.2, -0.15) is 0 Å². The van der Waals surface area contributed by atoms with Crippen molar-refractivity contribution in [1.82, 2.24) is 0 Å². The summed E-state index contributed by atoms with van der Waals surface area (Å²) in [5, 5.41) is 0. The van der Waals surface area contributed by atoms with E-state index >= 15 is 0 Å². The summed E-state index contributed by atoms with van der Waals surface area (Å²) in [6, 6.07) is 16.5. The molecule has 0 saturated carbocycles. The minimum atomic E-state index is -3.31. The number of allylic oxidation sites excluding steroid dienone is 1. The highest BCUT2D eigenvalue weighted by molar-refractivity contribution is 7.91. The van der Waals surface area contributed by atoms with Crippen LogP contribution in [0.2, 0.25) is 0 Å². The van der Waals surface area contributed by atoms with E-state index in [0.717, 1.165) is 11.1 Å². The van der Waals surface area contributed by atoms with Crippen LogP contribution in [0.5, 0.6) is 0 Å². The van der Waals surface area contributed by atoms with Gasteiger partial charge in [0.15, 0.2) is 9.84 Å². The maximum atomic E-state index is 12.4. The summed E-state index contributed by atoms with van der Waals surface area (Å²) in [7, 11) is -3.31. The zero-order valence-electron chi connectivity index (χ0n) is 13.4. The van der Waals surface area contributed by atoms with Gasteiger partial charge in [0.2, 0.25) is 0 Å². The molecular formula is C20H20O2S. The highest BCUT2D eigenvalue weighted by Crippen LogP contribution is 2.15. The lowest BCUT2D eigenvalue weighted by Crippen LogP contribution is -2.08. The monoisotopic (exact) mass is 324 g/mol. The predicted molar refractivity (Wildman–Crippen MR) is 94.9 cm³/mol. The molecule has 2 aromatic carbocycles. The van der Waals surface area contributed by atoms with Gasteiger partial charge in [0, 0.05) is 5.56 Å². The average molecular weight is 324 g/mol. The van der Waals surface area contributed by atoms with Crippen molar-refractivity contribution in [3.8, 4) is 11.8 Å². The summed E-state index contributed by atoms with van der Waals surface area (Å²) < 4.78 is 24.8. The second kappa shape index (κ2) is 7.80. The van der Waals surface area contributed by atoms with E-state index in [4.69, 9.17) is 0 Å². The minimum absolute atomic E-state index is 0.0100. The van der Waals surface area contributed by atoms with E-state index in [1.54, 1.807) is 30.3 Å². The summed E-state index contributed by atoms with van der Waals surface area (Å²) in [6.07, 6.45) is 2.38. The third-order valence-electron chi connectivity index (χ3n) is 3.48. The first-order valence-corrected chi connectivity index (χ1v) is 9.20. The average Bonchev–Trinajstić information content (AvgIpc) is 2.56. The van der Waals surface area contributed by atoms with E-state index in [-0.39, 0.29) is 5.75 Å². The quantitative estimate of drug-likeness (QED) is 0.792. The van der Waals surface area contributed by atoms with Crippen molar-refractivity contribution in [2.45, 2.75) is 25.2 Å². The maximum Gasteiger partial charge on any atom is 0.182 e. The molecular weight excluding hydrogens is 304 g/mol. The SMILES string of the molecule is CC/C(=C/C#Cc1ccc(C)cc1)CS(=O)(=O)c1ccccc1. The minimum Gasteiger partial charge on any atom is -0.223 e. The van der Waals surface area contributed by atoms with E-state index < -0.39 is 9.84 Å². The zero-order chi connectivity index (χ0) is 16.7. The molecule has 0 fully saturated rings. The Hall–Kier alpha value is -2.31. The first-order valence-electron chi connectivity index (χ1n) is 7.55. The van der Waals surface area contributed by atoms with Gasteiger partial charge >= 0.3 is 0 Å². The molecule has 0 amide bonds. The van der Waals surface area contributed by atoms with E-state index in [9.17, 15) is 8.42 Å². The summed E-state index contributed by atoms with van der Waals surface area (Å²) in [5.41, 5.74) is 2.93. The number of hydrogen-bond donors (Lipinski definition) is 0. The van der Waals surface area contributed by atoms with Gasteiger partial charge in [0.05, 0.1) is 10.6 Å². The largest absolute Gasteiger partial charge is 0.223 e. The molecule has 0 aromatic heterocycles. The van der Waals surface area contributed by atoms with Gasteiger partial charge in [-0.05, 0) is 49.3 Å². The molecule has 2 rings (SSSR count). The van der Waals surface area contributed by atoms with Gasteiger partial charge in [-0.1, -0.05) is 54.7 Å². The number of hydrogen-bond acceptors (Lipinski definition) is 2. The molecule has 3 heteroatoms. The third-order valence-corrected chi connectivity index (χ3v) is 5.22. The van der Waals surface area contributed by atoms with Gasteiger partial charge in [-0.25, -0.2) is 8.42 Å². The number of sulfone groups is 1. The van der Waals surface area contributed by atoms with Crippen LogP contribution in [0.4, 0.5) is 0 Å². The fraction of sp³-hybridized carbons (Fsp3) is 0.200. The lowest BCUT2D eigenvalue weighted by molar-refractivity contribution is 0.597. The highest BCUT2D eigenvalue weighted by atomic mass is 32.2. The molecule has 0 bridgehead atoms. The van der Waals surface area contributed by atoms with E-state index in [1.807, 2.05) is 44.2 Å². The number of aryl methyl sites for hydroxylation is 1. The standard InChI is InChI=1S/C20H20O2S/c1-3-18(8-7-9-19-14-12-17(2)13-15-19)16-23(21,22)20-10-5-4-6-11-20/h4-6,8,10-15H,3,16H2,1-2H3/b18-8-. The molecule has 0 aliphatic heterocycles. The van der Waals surface area contributed by atoms with Crippen LogP contribution in [0.1, 0.15) is 24.5 Å². The van der Waals surface area contributed by atoms with Crippen LogP contribution in [0.3, 0.4) is 0 Å². The normalized spacial score (nSPS) is 11.7. The van der Waals surface area contributed by atoms with Crippen LogP contribution in [0, 0.1) is 18.8 Å². The molecule has 0 radical (unpaired) electrons. The molecule has 23 heavy (non-hydrogen) atoms. The number of rotatable bonds is 4. The summed E-state index contributed by atoms with van der Waals surface area (Å²) in [5.74, 6) is 6.02. The molecule has 118 valence electrons. The zero-order valence-corrected chi connectivity index (χ0v) is 14.2. The van der Waals surface area contributed by atoms with E-state index in [0.29, 0.717) is 11.3 Å². The summed E-state index contributed by atoms with van der Waals surface area (Å²) in [4.78, 5) is 0.353. The molecule has 0 aliphatic carbocycles. The fourth-order valence-corrected chi connectivity index (χ4v) is 3.57. The first kappa shape index (κ1) is 17.1. The van der Waals surface area contributed by atoms with Crippen molar-refractivity contribution in [3.63, 3.8) is 0 Å². The molecule has 0 atom stereocenters. The van der Waals surface area contributed by atoms with Crippen molar-refractivity contribution < 1.29 is 8.42 Å². The Morgan fingerprint density at radius 1 is 1.04 bits per heavy atom. The van der Waals surface area contributed by atoms with E-state index in [2.05, 4.69) is 11.8 Å². The topological polar surface area (TPSA) is 34.1 Å². The van der Waals surface area contributed by atoms with Crippen molar-refractivity contribution in [3.05, 3.63) is 77.4 Å². The maximum absolute atomic E-state index is 12.4. The van der Waals surface area contributed by atoms with Crippen molar-refractivity contribution in [1.29, 1.82) is 0 Å². The highest BCUT2D eigenvalue weighted by Gasteiger charge is 2.15. The Bertz CT molecular complexity index is 834. The molecule has 0 spiro atoms. The lowest BCUT2D eigenvalue weighted by Gasteiger charge is -2.05. The first-order chi connectivity index (χ1) is 11.0. The van der Waals surface area contributed by atoms with Crippen molar-refractivity contribution in [2.75, 3.05) is 5.75 Å². The Kier molecular flexibility index (Phi) is 5.78. The van der Waals surface area contributed by atoms with Gasteiger partial charge in [-0.3, -0.25) is 0 Å². The third kappa shape index (κ3) is 5.12. The Morgan fingerprint density at radius 2 is 1.70 bits per heavy atom. The van der Waals surface area contributed by atoms with Gasteiger partial charge in [-0.15, -0.1) is 0 Å². The summed E-state index contributed by atoms with van der Waals surface area (Å²) >= 11 is 0. The fourth-order valence-electron chi connectivity index (χ4n) is 2.06. The Morgan fingerprint density at radius 3 is 2.30 bits per heavy atom. The Balaban J connectivity index is 2.16. The molecule has 0 saturated heterocycles. The van der Waals surface area contributed by atoms with Crippen LogP contribution >= 0.6 is 0 Å². The lowest BCUT2D eigenvalue weighted by atomic mass is 10.1. The molecule has 0 N–H and O–H groups in total. The van der Waals surface area contributed by atoms with Gasteiger partial charge in [0.1, 0.15) is 0 Å². The van der Waals surface area contributed by atoms with Crippen LogP contribution in [0.25, 0.3) is 0 Å². The predicted octanol–water partition coefficient (Wildman–Crippen LogP) is 4.16. The smallest absolute Gasteiger partial charge is 0.182 e. The molecule has 2 aromatic rings. The number of benzene rings is 2. The van der Waals surface area contributed by atoms with Gasteiger partial charge in [0.25, 0.3) is 0 Å². The van der Waals surface area contributed by atoms with Crippen LogP contribution in [-0.4, -0.2) is 14.2 Å². The second-order valence-electron chi connectivity index (χ2n) is 5.36. The van der Waals surface area contributed by atoms with Crippen molar-refractivity contribution in [2.24, 2.45) is 0 Å². The molecule has 0 unspecified atom stereocenters. The summed E-state index contributed by atoms with van der Waals surface area (Å²) in [6.45, 7) is 3.97. The molecule has 0 aliphatic rings. The van der Waals surface area contributed by atoms with Crippen LogP contribution in [0.15, 0.2) is 71.1 Å². The van der Waals surface area contributed by atoms with Crippen molar-refractivity contribution >= 4 is 9.84 Å². The van der Waals surface area contributed by atoms with Gasteiger partial charge < -0.3 is 0 Å². The second-order valence-corrected chi connectivity index (χ2v) is 7.35. The van der Waals surface area contributed by atoms with Crippen LogP contribution < -0.4 is 0 Å². The molecule has 2 nitrogen and oxygen atoms in total. The molecule has 0 heterocycles. The van der Waals surface area contributed by atoms with E-state index in [1.165, 1.54) is 5.56 Å².